The highest BCUT2D eigenvalue weighted by Crippen LogP contribution is 2.23. The number of hydrogen-bond acceptors (Lipinski definition) is 2. The van der Waals surface area contributed by atoms with E-state index in [1.807, 2.05) is 13.0 Å². The van der Waals surface area contributed by atoms with Crippen LogP contribution >= 0.6 is 11.6 Å². The molecule has 0 heterocycles. The highest BCUT2D eigenvalue weighted by atomic mass is 35.5. The third-order valence-electron chi connectivity index (χ3n) is 2.77. The van der Waals surface area contributed by atoms with Crippen molar-refractivity contribution in [2.24, 2.45) is 0 Å². The van der Waals surface area contributed by atoms with Crippen molar-refractivity contribution in [1.82, 2.24) is 0 Å². The number of benzene rings is 2. The molecule has 4 heteroatoms. The van der Waals surface area contributed by atoms with Crippen LogP contribution in [0.15, 0.2) is 36.4 Å². The Bertz CT molecular complexity index is 647. The Hall–Kier alpha value is -2.05. The lowest BCUT2D eigenvalue weighted by molar-refractivity contribution is 0.612. The van der Waals surface area contributed by atoms with Gasteiger partial charge in [-0.05, 0) is 31.2 Å². The molecule has 2 rings (SSSR count). The van der Waals surface area contributed by atoms with Crippen molar-refractivity contribution in [3.05, 3.63) is 63.9 Å². The summed E-state index contributed by atoms with van der Waals surface area (Å²) in [5.74, 6) is -0.259. The molecule has 0 aliphatic heterocycles. The Morgan fingerprint density at radius 3 is 2.79 bits per heavy atom. The maximum Gasteiger partial charge on any atom is 0.128 e. The molecule has 2 aromatic carbocycles. The average Bonchev–Trinajstić information content (AvgIpc) is 2.41. The van der Waals surface area contributed by atoms with Crippen LogP contribution in [0.2, 0.25) is 5.02 Å². The number of aryl methyl sites for hydroxylation is 1. The summed E-state index contributed by atoms with van der Waals surface area (Å²) in [6.07, 6.45) is 0. The lowest BCUT2D eigenvalue weighted by Gasteiger charge is -2.10. The summed E-state index contributed by atoms with van der Waals surface area (Å²) < 4.78 is 13.6. The second-order valence-corrected chi connectivity index (χ2v) is 4.66. The number of nitrogens with one attached hydrogen (secondary N) is 1. The molecule has 0 aliphatic rings. The summed E-state index contributed by atoms with van der Waals surface area (Å²) in [5.41, 5.74) is 2.70. The minimum absolute atomic E-state index is 0.259. The van der Waals surface area contributed by atoms with Crippen LogP contribution in [0.4, 0.5) is 10.1 Å². The van der Waals surface area contributed by atoms with Crippen LogP contribution < -0.4 is 5.32 Å². The molecule has 96 valence electrons. The van der Waals surface area contributed by atoms with Gasteiger partial charge in [0.05, 0.1) is 22.3 Å². The lowest BCUT2D eigenvalue weighted by Crippen LogP contribution is -2.03. The quantitative estimate of drug-likeness (QED) is 0.907. The first kappa shape index (κ1) is 13.4. The third kappa shape index (κ3) is 3.24. The summed E-state index contributed by atoms with van der Waals surface area (Å²) in [7, 11) is 0. The number of nitriles is 1. The van der Waals surface area contributed by atoms with Crippen molar-refractivity contribution in [2.45, 2.75) is 13.5 Å². The molecule has 19 heavy (non-hydrogen) atoms. The van der Waals surface area contributed by atoms with Crippen LogP contribution in [0.25, 0.3) is 0 Å². The molecule has 0 spiro atoms. The molecule has 0 fully saturated rings. The normalized spacial score (nSPS) is 10.0. The van der Waals surface area contributed by atoms with Crippen molar-refractivity contribution in [1.29, 1.82) is 5.26 Å². The van der Waals surface area contributed by atoms with Gasteiger partial charge in [-0.3, -0.25) is 0 Å². The molecule has 0 saturated carbocycles. The van der Waals surface area contributed by atoms with Crippen LogP contribution in [-0.2, 0) is 6.54 Å². The monoisotopic (exact) mass is 274 g/mol. The van der Waals surface area contributed by atoms with E-state index < -0.39 is 0 Å². The zero-order valence-electron chi connectivity index (χ0n) is 10.4. The summed E-state index contributed by atoms with van der Waals surface area (Å²) in [5, 5.41) is 12.4. The third-order valence-corrected chi connectivity index (χ3v) is 3.10. The Labute approximate surface area is 116 Å². The van der Waals surface area contributed by atoms with Gasteiger partial charge < -0.3 is 5.32 Å². The SMILES string of the molecule is Cc1ccc(F)c(CNc2cc(C#N)ccc2Cl)c1. The smallest absolute Gasteiger partial charge is 0.128 e. The van der Waals surface area contributed by atoms with Gasteiger partial charge in [-0.15, -0.1) is 0 Å². The molecule has 0 atom stereocenters. The van der Waals surface area contributed by atoms with Crippen molar-refractivity contribution in [3.8, 4) is 6.07 Å². The summed E-state index contributed by atoms with van der Waals surface area (Å²) in [6.45, 7) is 2.23. The number of halogens is 2. The lowest BCUT2D eigenvalue weighted by atomic mass is 10.1. The fourth-order valence-corrected chi connectivity index (χ4v) is 1.94. The van der Waals surface area contributed by atoms with Gasteiger partial charge >= 0.3 is 0 Å². The van der Waals surface area contributed by atoms with Gasteiger partial charge in [-0.1, -0.05) is 29.3 Å². The molecule has 0 bridgehead atoms. The van der Waals surface area contributed by atoms with Crippen LogP contribution in [0.3, 0.4) is 0 Å². The fourth-order valence-electron chi connectivity index (χ4n) is 1.76. The molecule has 2 nitrogen and oxygen atoms in total. The van der Waals surface area contributed by atoms with Gasteiger partial charge in [0.1, 0.15) is 5.82 Å². The van der Waals surface area contributed by atoms with Gasteiger partial charge in [0.25, 0.3) is 0 Å². The number of rotatable bonds is 3. The molecule has 0 saturated heterocycles. The molecule has 0 radical (unpaired) electrons. The Morgan fingerprint density at radius 2 is 2.05 bits per heavy atom. The molecular formula is C15H12ClFN2. The van der Waals surface area contributed by atoms with E-state index in [0.29, 0.717) is 28.4 Å². The van der Waals surface area contributed by atoms with E-state index >= 15 is 0 Å². The minimum Gasteiger partial charge on any atom is -0.380 e. The van der Waals surface area contributed by atoms with Crippen LogP contribution in [0.5, 0.6) is 0 Å². The van der Waals surface area contributed by atoms with Crippen molar-refractivity contribution in [2.75, 3.05) is 5.32 Å². The van der Waals surface area contributed by atoms with Crippen LogP contribution in [0, 0.1) is 24.1 Å². The van der Waals surface area contributed by atoms with E-state index in [0.717, 1.165) is 5.56 Å². The van der Waals surface area contributed by atoms with Gasteiger partial charge in [-0.25, -0.2) is 4.39 Å². The fraction of sp³-hybridized carbons (Fsp3) is 0.133. The second-order valence-electron chi connectivity index (χ2n) is 4.25. The topological polar surface area (TPSA) is 35.8 Å². The highest BCUT2D eigenvalue weighted by Gasteiger charge is 2.05. The highest BCUT2D eigenvalue weighted by molar-refractivity contribution is 6.33. The first-order valence-electron chi connectivity index (χ1n) is 5.78. The van der Waals surface area contributed by atoms with Crippen LogP contribution in [-0.4, -0.2) is 0 Å². The Balaban J connectivity index is 2.19. The van der Waals surface area contributed by atoms with E-state index in [2.05, 4.69) is 5.32 Å². The van der Waals surface area contributed by atoms with Gasteiger partial charge in [0.15, 0.2) is 0 Å². The van der Waals surface area contributed by atoms with Gasteiger partial charge in [0.2, 0.25) is 0 Å². The van der Waals surface area contributed by atoms with E-state index in [9.17, 15) is 4.39 Å². The molecule has 0 aromatic heterocycles. The molecule has 0 amide bonds. The average molecular weight is 275 g/mol. The predicted molar refractivity (Wildman–Crippen MR) is 74.6 cm³/mol. The maximum atomic E-state index is 13.6. The Kier molecular flexibility index (Phi) is 4.03. The minimum atomic E-state index is -0.259. The number of anilines is 1. The van der Waals surface area contributed by atoms with Gasteiger partial charge in [-0.2, -0.15) is 5.26 Å². The molecule has 1 N–H and O–H groups in total. The summed E-state index contributed by atoms with van der Waals surface area (Å²) in [4.78, 5) is 0. The number of nitrogens with zero attached hydrogens (tertiary/aromatic N) is 1. The molecule has 0 unspecified atom stereocenters. The summed E-state index contributed by atoms with van der Waals surface area (Å²) in [6, 6.07) is 11.9. The second kappa shape index (κ2) is 5.73. The van der Waals surface area contributed by atoms with Crippen molar-refractivity contribution >= 4 is 17.3 Å². The maximum absolute atomic E-state index is 13.6. The van der Waals surface area contributed by atoms with Gasteiger partial charge in [0, 0.05) is 12.1 Å². The van der Waals surface area contributed by atoms with Crippen molar-refractivity contribution < 1.29 is 4.39 Å². The molecular weight excluding hydrogens is 263 g/mol. The van der Waals surface area contributed by atoms with E-state index in [1.165, 1.54) is 6.07 Å². The van der Waals surface area contributed by atoms with E-state index in [4.69, 9.17) is 16.9 Å². The standard InChI is InChI=1S/C15H12ClFN2/c1-10-2-5-14(17)12(6-10)9-19-15-7-11(8-18)3-4-13(15)16/h2-7,19H,9H2,1H3. The van der Waals surface area contributed by atoms with E-state index in [1.54, 1.807) is 30.3 Å². The van der Waals surface area contributed by atoms with E-state index in [-0.39, 0.29) is 5.82 Å². The zero-order valence-corrected chi connectivity index (χ0v) is 11.1. The zero-order chi connectivity index (χ0) is 13.8. The first-order valence-corrected chi connectivity index (χ1v) is 6.16. The first-order chi connectivity index (χ1) is 9.10. The predicted octanol–water partition coefficient (Wildman–Crippen LogP) is 4.27. The van der Waals surface area contributed by atoms with Crippen LogP contribution in [0.1, 0.15) is 16.7 Å². The number of hydrogen-bond donors (Lipinski definition) is 1. The Morgan fingerprint density at radius 1 is 1.26 bits per heavy atom. The van der Waals surface area contributed by atoms with Crippen molar-refractivity contribution in [3.63, 3.8) is 0 Å². The molecule has 0 aliphatic carbocycles. The largest absolute Gasteiger partial charge is 0.380 e. The molecule has 2 aromatic rings. The summed E-state index contributed by atoms with van der Waals surface area (Å²) >= 11 is 6.02.